The second-order valence-corrected chi connectivity index (χ2v) is 2.45. The number of nitrogens with zero attached hydrogens (tertiary/aromatic N) is 4. The summed E-state index contributed by atoms with van der Waals surface area (Å²) < 4.78 is 0. The van der Waals surface area contributed by atoms with Crippen LogP contribution in [0.25, 0.3) is 0 Å². The molecule has 0 bridgehead atoms. The van der Waals surface area contributed by atoms with Crippen LogP contribution in [0.5, 0.6) is 5.88 Å². The van der Waals surface area contributed by atoms with Crippen LogP contribution in [0.3, 0.4) is 0 Å². The molecule has 0 atom stereocenters. The third-order valence-corrected chi connectivity index (χ3v) is 1.54. The quantitative estimate of drug-likeness (QED) is 0.202. The Morgan fingerprint density at radius 1 is 1.62 bits per heavy atom. The van der Waals surface area contributed by atoms with E-state index in [0.717, 1.165) is 6.33 Å². The van der Waals surface area contributed by atoms with Crippen molar-refractivity contribution >= 4 is 17.5 Å². The molecule has 0 saturated heterocycles. The Morgan fingerprint density at radius 2 is 2.25 bits per heavy atom. The minimum Gasteiger partial charge on any atom is -0.488 e. The summed E-state index contributed by atoms with van der Waals surface area (Å²) in [6.07, 6.45) is 0.807. The Balaban J connectivity index is 3.28. The van der Waals surface area contributed by atoms with Gasteiger partial charge in [0, 0.05) is 0 Å². The molecule has 0 spiro atoms. The number of nitrogens with one attached hydrogen (secondary N) is 1. The molecule has 1 rings (SSSR count). The first kappa shape index (κ1) is 11.5. The Bertz CT molecular complexity index is 435. The van der Waals surface area contributed by atoms with Crippen molar-refractivity contribution in [3.63, 3.8) is 0 Å². The summed E-state index contributed by atoms with van der Waals surface area (Å²) in [5.41, 5.74) is 0.751. The number of aromatic nitrogens is 2. The van der Waals surface area contributed by atoms with Gasteiger partial charge in [0.05, 0.1) is 4.92 Å². The van der Waals surface area contributed by atoms with E-state index in [2.05, 4.69) is 9.97 Å². The second kappa shape index (κ2) is 4.33. The molecule has 1 heterocycles. The first-order chi connectivity index (χ1) is 7.49. The molecular formula is C5H7N7O4. The van der Waals surface area contributed by atoms with Crippen molar-refractivity contribution in [1.82, 2.24) is 15.4 Å². The topological polar surface area (TPSA) is 174 Å². The molecule has 6 N–H and O–H groups in total. The maximum Gasteiger partial charge on any atom is 0.374 e. The zero-order chi connectivity index (χ0) is 12.3. The lowest BCUT2D eigenvalue weighted by atomic mass is 10.4. The van der Waals surface area contributed by atoms with Crippen LogP contribution < -0.4 is 22.1 Å². The van der Waals surface area contributed by atoms with Crippen LogP contribution in [-0.2, 0) is 0 Å². The number of aromatic hydroxyl groups is 1. The van der Waals surface area contributed by atoms with Crippen molar-refractivity contribution in [2.24, 2.45) is 11.7 Å². The van der Waals surface area contributed by atoms with Crippen LogP contribution in [0.2, 0.25) is 0 Å². The van der Waals surface area contributed by atoms with Gasteiger partial charge < -0.3 is 5.11 Å². The third-order valence-electron chi connectivity index (χ3n) is 1.54. The molecule has 0 aliphatic rings. The van der Waals surface area contributed by atoms with Gasteiger partial charge in [-0.25, -0.2) is 26.5 Å². The molecule has 0 fully saturated rings. The number of anilines is 1. The highest BCUT2D eigenvalue weighted by molar-refractivity contribution is 5.91. The van der Waals surface area contributed by atoms with Crippen LogP contribution in [-0.4, -0.2) is 26.0 Å². The maximum atomic E-state index is 11.0. The van der Waals surface area contributed by atoms with E-state index in [1.54, 1.807) is 5.43 Å². The number of hydrogen-bond acceptors (Lipinski definition) is 8. The van der Waals surface area contributed by atoms with Crippen molar-refractivity contribution in [2.45, 2.75) is 0 Å². The van der Waals surface area contributed by atoms with Crippen molar-refractivity contribution < 1.29 is 14.8 Å². The van der Waals surface area contributed by atoms with Gasteiger partial charge in [-0.05, 0) is 0 Å². The van der Waals surface area contributed by atoms with Gasteiger partial charge in [-0.1, -0.05) is 0 Å². The number of nitrogens with two attached hydrogens (primary N) is 2. The van der Waals surface area contributed by atoms with E-state index in [1.807, 2.05) is 0 Å². The predicted octanol–water partition coefficient (Wildman–Crippen LogP) is -1.65. The summed E-state index contributed by atoms with van der Waals surface area (Å²) in [5, 5.41) is 20.0. The number of carbonyl (C=O) groups excluding carboxylic acids is 1. The number of hydrazine groups is 2. The molecule has 11 heteroatoms. The molecule has 0 saturated carbocycles. The van der Waals surface area contributed by atoms with Crippen LogP contribution in [0.4, 0.5) is 16.3 Å². The van der Waals surface area contributed by atoms with Crippen LogP contribution in [0.15, 0.2) is 6.33 Å². The van der Waals surface area contributed by atoms with Crippen LogP contribution in [0.1, 0.15) is 0 Å². The lowest BCUT2D eigenvalue weighted by molar-refractivity contribution is -0.385. The number of amides is 2. The number of carbonyl (C=O) groups is 1. The average molecular weight is 229 g/mol. The number of nitro groups is 1. The first-order valence-electron chi connectivity index (χ1n) is 3.72. The normalized spacial score (nSPS) is 9.62. The van der Waals surface area contributed by atoms with Gasteiger partial charge in [0.1, 0.15) is 6.33 Å². The first-order valence-corrected chi connectivity index (χ1v) is 3.72. The molecule has 16 heavy (non-hydrogen) atoms. The van der Waals surface area contributed by atoms with E-state index in [1.165, 1.54) is 0 Å². The molecule has 0 radical (unpaired) electrons. The molecule has 0 aliphatic carbocycles. The molecule has 2 amide bonds. The summed E-state index contributed by atoms with van der Waals surface area (Å²) in [6, 6.07) is -1.04. The number of urea groups is 1. The van der Waals surface area contributed by atoms with Crippen molar-refractivity contribution in [2.75, 3.05) is 5.01 Å². The Kier molecular flexibility index (Phi) is 3.12. The van der Waals surface area contributed by atoms with Gasteiger partial charge >= 0.3 is 11.7 Å². The fourth-order valence-electron chi connectivity index (χ4n) is 0.866. The molecule has 11 nitrogen and oxygen atoms in total. The average Bonchev–Trinajstić information content (AvgIpc) is 2.26. The molecule has 0 aliphatic heterocycles. The van der Waals surface area contributed by atoms with E-state index in [-0.39, 0.29) is 5.01 Å². The zero-order valence-electron chi connectivity index (χ0n) is 7.69. The van der Waals surface area contributed by atoms with Gasteiger partial charge in [0.2, 0.25) is 5.82 Å². The zero-order valence-corrected chi connectivity index (χ0v) is 7.69. The highest BCUT2D eigenvalue weighted by atomic mass is 16.6. The molecule has 1 aromatic rings. The minimum atomic E-state index is -1.04. The van der Waals surface area contributed by atoms with Gasteiger partial charge in [-0.2, -0.15) is 4.98 Å². The predicted molar refractivity (Wildman–Crippen MR) is 49.7 cm³/mol. The standard InChI is InChI=1S/C5H7N7O4/c6-10-5(14)11(7)3-2(12(15)16)4(13)9-1-8-3/h1H,6-7H2,(H,10,14)(H,8,9,13). The smallest absolute Gasteiger partial charge is 0.374 e. The Labute approximate surface area is 87.8 Å². The van der Waals surface area contributed by atoms with Gasteiger partial charge in [0.25, 0.3) is 5.88 Å². The van der Waals surface area contributed by atoms with E-state index in [9.17, 15) is 14.9 Å². The fraction of sp³-hybridized carbons (Fsp3) is 0. The maximum absolute atomic E-state index is 11.0. The highest BCUT2D eigenvalue weighted by Gasteiger charge is 2.28. The molecule has 0 unspecified atom stereocenters. The summed E-state index contributed by atoms with van der Waals surface area (Å²) in [4.78, 5) is 27.2. The van der Waals surface area contributed by atoms with E-state index in [0.29, 0.717) is 0 Å². The van der Waals surface area contributed by atoms with E-state index in [4.69, 9.17) is 16.8 Å². The summed E-state index contributed by atoms with van der Waals surface area (Å²) in [6.45, 7) is 0. The monoisotopic (exact) mass is 229 g/mol. The highest BCUT2D eigenvalue weighted by Crippen LogP contribution is 2.30. The Hall–Kier alpha value is -2.53. The van der Waals surface area contributed by atoms with Gasteiger partial charge in [-0.3, -0.25) is 15.5 Å². The lowest BCUT2D eigenvalue weighted by Crippen LogP contribution is -2.48. The number of hydrogen-bond donors (Lipinski definition) is 4. The van der Waals surface area contributed by atoms with Crippen LogP contribution in [0, 0.1) is 10.1 Å². The molecule has 86 valence electrons. The Morgan fingerprint density at radius 3 is 2.75 bits per heavy atom. The summed E-state index contributed by atoms with van der Waals surface area (Å²) >= 11 is 0. The SMILES string of the molecule is NNC(=O)N(N)c1ncnc(O)c1[N+](=O)[O-]. The molecular weight excluding hydrogens is 222 g/mol. The van der Waals surface area contributed by atoms with Gasteiger partial charge in [0.15, 0.2) is 0 Å². The van der Waals surface area contributed by atoms with Gasteiger partial charge in [-0.15, -0.1) is 0 Å². The number of rotatable bonds is 2. The lowest BCUT2D eigenvalue weighted by Gasteiger charge is -2.13. The molecule has 1 aromatic heterocycles. The van der Waals surface area contributed by atoms with Crippen LogP contribution >= 0.6 is 0 Å². The van der Waals surface area contributed by atoms with Crippen molar-refractivity contribution in [3.8, 4) is 5.88 Å². The summed E-state index contributed by atoms with van der Waals surface area (Å²) in [7, 11) is 0. The fourth-order valence-corrected chi connectivity index (χ4v) is 0.866. The third kappa shape index (κ3) is 1.94. The summed E-state index contributed by atoms with van der Waals surface area (Å²) in [5.74, 6) is 8.48. The second-order valence-electron chi connectivity index (χ2n) is 2.45. The van der Waals surface area contributed by atoms with E-state index >= 15 is 0 Å². The molecule has 0 aromatic carbocycles. The van der Waals surface area contributed by atoms with E-state index < -0.39 is 28.3 Å². The van der Waals surface area contributed by atoms with Crippen molar-refractivity contribution in [3.05, 3.63) is 16.4 Å². The van der Waals surface area contributed by atoms with Crippen molar-refractivity contribution in [1.29, 1.82) is 0 Å². The minimum absolute atomic E-state index is 0.277. The largest absolute Gasteiger partial charge is 0.488 e.